The first kappa shape index (κ1) is 24.8. The van der Waals surface area contributed by atoms with Crippen LogP contribution in [-0.4, -0.2) is 60.8 Å². The number of piperidine rings is 1. The lowest BCUT2D eigenvalue weighted by Gasteiger charge is -2.45. The van der Waals surface area contributed by atoms with Crippen molar-refractivity contribution >= 4 is 22.7 Å². The predicted molar refractivity (Wildman–Crippen MR) is 129 cm³/mol. The number of anilines is 2. The van der Waals surface area contributed by atoms with Crippen LogP contribution in [0.1, 0.15) is 18.4 Å². The van der Waals surface area contributed by atoms with Crippen LogP contribution in [0.4, 0.5) is 29.1 Å². The molecule has 3 aromatic heterocycles. The highest BCUT2D eigenvalue weighted by atomic mass is 19.3. The smallest absolute Gasteiger partial charge is 0.240 e. The maximum atomic E-state index is 13.9. The number of rotatable bonds is 6. The van der Waals surface area contributed by atoms with Crippen molar-refractivity contribution in [2.75, 3.05) is 23.7 Å². The van der Waals surface area contributed by atoms with Crippen LogP contribution in [0.2, 0.25) is 0 Å². The number of benzene rings is 1. The van der Waals surface area contributed by atoms with E-state index in [0.29, 0.717) is 40.2 Å². The first-order valence-corrected chi connectivity index (χ1v) is 11.5. The summed E-state index contributed by atoms with van der Waals surface area (Å²) < 4.78 is 55.7. The van der Waals surface area contributed by atoms with Gasteiger partial charge in [0.15, 0.2) is 23.1 Å². The van der Waals surface area contributed by atoms with Gasteiger partial charge in [0.05, 0.1) is 42.1 Å². The zero-order valence-electron chi connectivity index (χ0n) is 19.5. The molecule has 4 aromatic rings. The molecule has 4 heterocycles. The Kier molecular flexibility index (Phi) is 6.42. The Morgan fingerprint density at radius 2 is 1.92 bits per heavy atom. The Morgan fingerprint density at radius 1 is 1.11 bits per heavy atom. The highest BCUT2D eigenvalue weighted by Crippen LogP contribution is 2.33. The van der Waals surface area contributed by atoms with Crippen molar-refractivity contribution in [3.05, 3.63) is 60.3 Å². The number of alkyl halides is 2. The van der Waals surface area contributed by atoms with Crippen LogP contribution >= 0.6 is 0 Å². The summed E-state index contributed by atoms with van der Waals surface area (Å²) in [6.45, 7) is 0.535. The van der Waals surface area contributed by atoms with Gasteiger partial charge in [0.25, 0.3) is 0 Å². The van der Waals surface area contributed by atoms with Gasteiger partial charge in [0.1, 0.15) is 11.8 Å². The molecule has 5 N–H and O–H groups in total. The first-order chi connectivity index (χ1) is 17.6. The van der Waals surface area contributed by atoms with Crippen molar-refractivity contribution in [2.24, 2.45) is 5.73 Å². The van der Waals surface area contributed by atoms with Crippen molar-refractivity contribution in [3.63, 3.8) is 0 Å². The number of nitrogen functional groups attached to an aromatic ring is 1. The van der Waals surface area contributed by atoms with Crippen molar-refractivity contribution in [1.29, 1.82) is 0 Å². The Balaban J connectivity index is 1.58. The van der Waals surface area contributed by atoms with Gasteiger partial charge in [-0.05, 0) is 36.2 Å². The second-order valence-electron chi connectivity index (χ2n) is 9.19. The Hall–Kier alpha value is -3.84. The molecule has 1 fully saturated rings. The Bertz CT molecular complexity index is 1450. The third kappa shape index (κ3) is 4.79. The number of nitrogens with zero attached hydrogens (tertiary/aromatic N) is 6. The number of nitrogens with two attached hydrogens (primary N) is 2. The maximum absolute atomic E-state index is 13.9. The summed E-state index contributed by atoms with van der Waals surface area (Å²) in [5.41, 5.74) is 13.5. The van der Waals surface area contributed by atoms with Gasteiger partial charge in [-0.1, -0.05) is 0 Å². The second-order valence-corrected chi connectivity index (χ2v) is 9.19. The number of hydrogen-bond donors (Lipinski definition) is 3. The fourth-order valence-electron chi connectivity index (χ4n) is 4.71. The molecule has 2 atom stereocenters. The molecule has 13 heteroatoms. The lowest BCUT2D eigenvalue weighted by Crippen LogP contribution is -2.63. The molecule has 1 saturated heterocycles. The van der Waals surface area contributed by atoms with Crippen LogP contribution in [0.15, 0.2) is 43.1 Å². The molecule has 0 amide bonds. The van der Waals surface area contributed by atoms with Crippen molar-refractivity contribution in [2.45, 2.75) is 37.5 Å². The van der Waals surface area contributed by atoms with Gasteiger partial charge in [0.2, 0.25) is 6.43 Å². The molecule has 1 aromatic carbocycles. The molecule has 1 aliphatic rings. The number of aliphatic hydroxyl groups is 1. The van der Waals surface area contributed by atoms with Crippen molar-refractivity contribution < 1.29 is 22.7 Å². The van der Waals surface area contributed by atoms with Gasteiger partial charge in [-0.3, -0.25) is 4.98 Å². The zero-order valence-corrected chi connectivity index (χ0v) is 19.5. The monoisotopic (exact) mass is 516 g/mol. The molecule has 0 radical (unpaired) electrons. The van der Waals surface area contributed by atoms with E-state index in [9.17, 15) is 22.7 Å². The Morgan fingerprint density at radius 3 is 2.68 bits per heavy atom. The zero-order chi connectivity index (χ0) is 26.3. The van der Waals surface area contributed by atoms with Gasteiger partial charge in [-0.15, -0.1) is 0 Å². The fourth-order valence-corrected chi connectivity index (χ4v) is 4.71. The van der Waals surface area contributed by atoms with E-state index in [1.807, 2.05) is 0 Å². The van der Waals surface area contributed by atoms with Crippen LogP contribution in [0.25, 0.3) is 22.4 Å². The van der Waals surface area contributed by atoms with Crippen molar-refractivity contribution in [3.8, 4) is 11.3 Å². The molecule has 37 heavy (non-hydrogen) atoms. The van der Waals surface area contributed by atoms with E-state index in [4.69, 9.17) is 11.5 Å². The SMILES string of the molecule is Nc1ncnc2c1ncn2Cc1cc(-c2ccc(F)c(F)c2)ncc1N1CCC(O)C(N)(CC(F)F)C1. The number of halogens is 4. The van der Waals surface area contributed by atoms with Crippen LogP contribution in [0, 0.1) is 11.6 Å². The predicted octanol–water partition coefficient (Wildman–Crippen LogP) is 2.72. The molecule has 5 rings (SSSR count). The number of imidazole rings is 1. The molecule has 194 valence electrons. The van der Waals surface area contributed by atoms with E-state index in [1.165, 1.54) is 18.6 Å². The third-order valence-electron chi connectivity index (χ3n) is 6.65. The topological polar surface area (TPSA) is 132 Å². The molecule has 2 unspecified atom stereocenters. The number of aromatic nitrogens is 5. The van der Waals surface area contributed by atoms with Crippen LogP contribution < -0.4 is 16.4 Å². The maximum Gasteiger partial charge on any atom is 0.240 e. The summed E-state index contributed by atoms with van der Waals surface area (Å²) in [4.78, 5) is 18.7. The van der Waals surface area contributed by atoms with E-state index >= 15 is 0 Å². The largest absolute Gasteiger partial charge is 0.391 e. The molecule has 0 bridgehead atoms. The molecule has 0 aliphatic carbocycles. The number of fused-ring (bicyclic) bond motifs is 1. The highest BCUT2D eigenvalue weighted by molar-refractivity contribution is 5.81. The fraction of sp³-hybridized carbons (Fsp3) is 0.333. The molecule has 9 nitrogen and oxygen atoms in total. The van der Waals surface area contributed by atoms with E-state index in [2.05, 4.69) is 19.9 Å². The summed E-state index contributed by atoms with van der Waals surface area (Å²) >= 11 is 0. The van der Waals surface area contributed by atoms with Crippen LogP contribution in [0.5, 0.6) is 0 Å². The lowest BCUT2D eigenvalue weighted by molar-refractivity contribution is 0.0174. The molecule has 0 spiro atoms. The number of hydrogen-bond acceptors (Lipinski definition) is 8. The molecule has 1 aliphatic heterocycles. The molecular weight excluding hydrogens is 492 g/mol. The van der Waals surface area contributed by atoms with E-state index in [-0.39, 0.29) is 25.3 Å². The highest BCUT2D eigenvalue weighted by Gasteiger charge is 2.42. The summed E-state index contributed by atoms with van der Waals surface area (Å²) in [7, 11) is 0. The van der Waals surface area contributed by atoms with Crippen LogP contribution in [-0.2, 0) is 6.54 Å². The van der Waals surface area contributed by atoms with E-state index < -0.39 is 36.1 Å². The summed E-state index contributed by atoms with van der Waals surface area (Å²) in [6, 6.07) is 5.18. The van der Waals surface area contributed by atoms with Gasteiger partial charge < -0.3 is 26.0 Å². The summed E-state index contributed by atoms with van der Waals surface area (Å²) in [5, 5.41) is 10.4. The van der Waals surface area contributed by atoms with Crippen molar-refractivity contribution in [1.82, 2.24) is 24.5 Å². The first-order valence-electron chi connectivity index (χ1n) is 11.5. The standard InChI is InChI=1S/C24H24F4N8O/c25-15-2-1-13(5-16(15)26)17-6-14(9-36-12-34-21-22(29)32-11-33-23(21)36)18(8-31-17)35-4-3-19(37)24(30,10-35)7-20(27)28/h1-2,5-6,8,11-12,19-20,37H,3-4,7,9-10,30H2,(H2,29,32,33). The Labute approximate surface area is 208 Å². The molecular formula is C24H24F4N8O. The van der Waals surface area contributed by atoms with Gasteiger partial charge in [-0.2, -0.15) is 0 Å². The van der Waals surface area contributed by atoms with Gasteiger partial charge in [-0.25, -0.2) is 32.5 Å². The number of aliphatic hydroxyl groups excluding tert-OH is 1. The second kappa shape index (κ2) is 9.56. The lowest BCUT2D eigenvalue weighted by atomic mass is 9.83. The molecule has 0 saturated carbocycles. The summed E-state index contributed by atoms with van der Waals surface area (Å²) in [5.74, 6) is -1.78. The van der Waals surface area contributed by atoms with Gasteiger partial charge in [0, 0.05) is 25.1 Å². The van der Waals surface area contributed by atoms with E-state index in [1.54, 1.807) is 21.9 Å². The number of pyridine rings is 1. The minimum atomic E-state index is -2.68. The minimum absolute atomic E-state index is 0.0303. The summed E-state index contributed by atoms with van der Waals surface area (Å²) in [6.07, 6.45) is 0.141. The minimum Gasteiger partial charge on any atom is -0.391 e. The quantitative estimate of drug-likeness (QED) is 0.334. The van der Waals surface area contributed by atoms with Crippen LogP contribution in [0.3, 0.4) is 0 Å². The van der Waals surface area contributed by atoms with E-state index in [0.717, 1.165) is 12.1 Å². The third-order valence-corrected chi connectivity index (χ3v) is 6.65. The average Bonchev–Trinajstić information content (AvgIpc) is 3.26. The van der Waals surface area contributed by atoms with Gasteiger partial charge >= 0.3 is 0 Å². The average molecular weight is 517 g/mol. The normalized spacial score (nSPS) is 20.2.